The number of methoxy groups -OCH3 is 1. The van der Waals surface area contributed by atoms with E-state index in [0.717, 1.165) is 27.8 Å². The average Bonchev–Trinajstić information content (AvgIpc) is 3.08. The first-order chi connectivity index (χ1) is 14.1. The topological polar surface area (TPSA) is 66.8 Å². The van der Waals surface area contributed by atoms with Crippen LogP contribution in [0.1, 0.15) is 35.2 Å². The van der Waals surface area contributed by atoms with E-state index in [9.17, 15) is 14.7 Å². The van der Waals surface area contributed by atoms with E-state index in [0.29, 0.717) is 0 Å². The summed E-state index contributed by atoms with van der Waals surface area (Å²) in [4.78, 5) is 26.3. The van der Waals surface area contributed by atoms with Gasteiger partial charge in [0.1, 0.15) is 0 Å². The predicted octanol–water partition coefficient (Wildman–Crippen LogP) is 5.04. The van der Waals surface area contributed by atoms with Crippen LogP contribution in [-0.2, 0) is 9.53 Å². The van der Waals surface area contributed by atoms with Crippen molar-refractivity contribution in [2.24, 2.45) is 0 Å². The van der Waals surface area contributed by atoms with Crippen LogP contribution in [0.2, 0.25) is 0 Å². The van der Waals surface area contributed by atoms with Gasteiger partial charge in [-0.05, 0) is 27.8 Å². The van der Waals surface area contributed by atoms with Crippen molar-refractivity contribution in [2.45, 2.75) is 18.5 Å². The Kier molecular flexibility index (Phi) is 5.04. The summed E-state index contributed by atoms with van der Waals surface area (Å²) >= 11 is 0. The van der Waals surface area contributed by atoms with Crippen molar-refractivity contribution in [3.63, 3.8) is 0 Å². The van der Waals surface area contributed by atoms with Crippen LogP contribution in [0, 0.1) is 0 Å². The van der Waals surface area contributed by atoms with E-state index < -0.39 is 24.1 Å². The average molecular weight is 387 g/mol. The van der Waals surface area contributed by atoms with E-state index in [1.165, 1.54) is 7.11 Å². The number of aliphatic carboxylic acids is 1. The molecule has 1 N–H and O–H groups in total. The highest BCUT2D eigenvalue weighted by atomic mass is 16.5. The lowest BCUT2D eigenvalue weighted by atomic mass is 9.96. The number of hydrogen-bond acceptors (Lipinski definition) is 3. The molecule has 0 fully saturated rings. The summed E-state index contributed by atoms with van der Waals surface area (Å²) in [6.07, 6.45) is -0.781. The van der Waals surface area contributed by atoms with Crippen LogP contribution in [-0.4, -0.2) is 29.2 Å². The largest absolute Gasteiger partial charge is 0.481 e. The van der Waals surface area contributed by atoms with Gasteiger partial charge in [-0.15, -0.1) is 0 Å². The molecule has 0 bridgehead atoms. The second-order valence-electron chi connectivity index (χ2n) is 6.98. The van der Waals surface area contributed by atoms with Gasteiger partial charge in [0.05, 0.1) is 25.6 Å². The Labute approximate surface area is 169 Å². The monoisotopic (exact) mass is 387 g/mol. The molecule has 0 saturated heterocycles. The molecule has 4 rings (SSSR count). The van der Waals surface area contributed by atoms with E-state index in [4.69, 9.17) is 4.74 Å². The molecular weight excluding hydrogens is 366 g/mol. The smallest absolute Gasteiger partial charge is 0.410 e. The predicted molar refractivity (Wildman–Crippen MR) is 109 cm³/mol. The molecule has 5 nitrogen and oxygen atoms in total. The lowest BCUT2D eigenvalue weighted by molar-refractivity contribution is -0.138. The Hall–Kier alpha value is -3.60. The van der Waals surface area contributed by atoms with Crippen molar-refractivity contribution in [3.8, 4) is 11.1 Å². The summed E-state index contributed by atoms with van der Waals surface area (Å²) in [6.45, 7) is 0. The third kappa shape index (κ3) is 3.36. The van der Waals surface area contributed by atoms with Crippen LogP contribution in [0.5, 0.6) is 0 Å². The maximum absolute atomic E-state index is 13.0. The molecule has 1 aliphatic rings. The number of ether oxygens (including phenoxy) is 1. The van der Waals surface area contributed by atoms with Gasteiger partial charge in [-0.2, -0.15) is 0 Å². The van der Waals surface area contributed by atoms with Gasteiger partial charge in [0.25, 0.3) is 0 Å². The first-order valence-corrected chi connectivity index (χ1v) is 9.43. The fraction of sp³-hybridized carbons (Fsp3) is 0.167. The maximum Gasteiger partial charge on any atom is 0.410 e. The molecule has 0 saturated carbocycles. The van der Waals surface area contributed by atoms with Crippen molar-refractivity contribution >= 4 is 12.1 Å². The minimum Gasteiger partial charge on any atom is -0.481 e. The molecule has 0 spiro atoms. The lowest BCUT2D eigenvalue weighted by Gasteiger charge is -2.36. The highest BCUT2D eigenvalue weighted by Crippen LogP contribution is 2.49. The minimum atomic E-state index is -0.979. The van der Waals surface area contributed by atoms with Crippen LogP contribution in [0.25, 0.3) is 11.1 Å². The van der Waals surface area contributed by atoms with Gasteiger partial charge in [0, 0.05) is 0 Å². The molecule has 29 heavy (non-hydrogen) atoms. The number of hydrogen-bond donors (Lipinski definition) is 1. The van der Waals surface area contributed by atoms with Crippen LogP contribution in [0.15, 0.2) is 78.9 Å². The second-order valence-corrected chi connectivity index (χ2v) is 6.98. The summed E-state index contributed by atoms with van der Waals surface area (Å²) < 4.78 is 5.13. The molecule has 146 valence electrons. The van der Waals surface area contributed by atoms with Gasteiger partial charge < -0.3 is 9.84 Å². The van der Waals surface area contributed by atoms with E-state index in [-0.39, 0.29) is 6.42 Å². The van der Waals surface area contributed by atoms with E-state index >= 15 is 0 Å². The molecule has 0 aromatic heterocycles. The number of nitrogens with zero attached hydrogens (tertiary/aromatic N) is 1. The van der Waals surface area contributed by atoms with Gasteiger partial charge in [0.2, 0.25) is 0 Å². The third-order valence-electron chi connectivity index (χ3n) is 5.35. The standard InChI is InChI=1S/C24H21NO4/c1-29-24(28)25(21(15-22(26)27)16-9-3-2-4-10-16)23-19-13-7-5-11-17(19)18-12-6-8-14-20(18)23/h2-14,21,23H,15H2,1H3,(H,26,27)/t21-/m0/s1. The van der Waals surface area contributed by atoms with Crippen LogP contribution in [0.4, 0.5) is 4.79 Å². The SMILES string of the molecule is COC(=O)N(C1c2ccccc2-c2ccccc21)[C@@H](CC(=O)O)c1ccccc1. The molecule has 5 heteroatoms. The summed E-state index contributed by atoms with van der Waals surface area (Å²) in [5, 5.41) is 9.60. The Balaban J connectivity index is 1.91. The summed E-state index contributed by atoms with van der Waals surface area (Å²) in [7, 11) is 1.32. The zero-order chi connectivity index (χ0) is 20.4. The van der Waals surface area contributed by atoms with Gasteiger partial charge >= 0.3 is 12.1 Å². The highest BCUT2D eigenvalue weighted by molar-refractivity contribution is 5.82. The summed E-state index contributed by atoms with van der Waals surface area (Å²) in [5.74, 6) is -0.979. The van der Waals surface area contributed by atoms with Crippen LogP contribution >= 0.6 is 0 Å². The summed E-state index contributed by atoms with van der Waals surface area (Å²) in [6, 6.07) is 23.9. The fourth-order valence-corrected chi connectivity index (χ4v) is 4.16. The molecular formula is C24H21NO4. The third-order valence-corrected chi connectivity index (χ3v) is 5.35. The normalized spacial score (nSPS) is 13.3. The van der Waals surface area contributed by atoms with Gasteiger partial charge in [-0.3, -0.25) is 9.69 Å². The zero-order valence-corrected chi connectivity index (χ0v) is 16.0. The summed E-state index contributed by atoms with van der Waals surface area (Å²) in [5.41, 5.74) is 4.77. The number of carbonyl (C=O) groups is 2. The number of fused-ring (bicyclic) bond motifs is 3. The Morgan fingerprint density at radius 1 is 0.897 bits per heavy atom. The molecule has 3 aromatic carbocycles. The molecule has 0 aliphatic heterocycles. The first-order valence-electron chi connectivity index (χ1n) is 9.43. The van der Waals surface area contributed by atoms with Crippen molar-refractivity contribution in [1.29, 1.82) is 0 Å². The number of amides is 1. The molecule has 0 unspecified atom stereocenters. The minimum absolute atomic E-state index is 0.222. The number of rotatable bonds is 5. The van der Waals surface area contributed by atoms with Crippen molar-refractivity contribution in [1.82, 2.24) is 4.90 Å². The van der Waals surface area contributed by atoms with E-state index in [1.54, 1.807) is 4.90 Å². The first kappa shape index (κ1) is 18.7. The Morgan fingerprint density at radius 2 is 1.41 bits per heavy atom. The van der Waals surface area contributed by atoms with Crippen molar-refractivity contribution in [3.05, 3.63) is 95.6 Å². The van der Waals surface area contributed by atoms with Gasteiger partial charge in [0.15, 0.2) is 0 Å². The quantitative estimate of drug-likeness (QED) is 0.666. The number of carboxylic acid groups (broad SMARTS) is 1. The molecule has 1 amide bonds. The van der Waals surface area contributed by atoms with Gasteiger partial charge in [-0.25, -0.2) is 4.79 Å². The van der Waals surface area contributed by atoms with E-state index in [2.05, 4.69) is 0 Å². The Bertz CT molecular complexity index is 1000. The highest BCUT2D eigenvalue weighted by Gasteiger charge is 2.40. The van der Waals surface area contributed by atoms with Crippen molar-refractivity contribution in [2.75, 3.05) is 7.11 Å². The van der Waals surface area contributed by atoms with Crippen LogP contribution < -0.4 is 0 Å². The molecule has 3 aromatic rings. The Morgan fingerprint density at radius 3 is 1.93 bits per heavy atom. The lowest BCUT2D eigenvalue weighted by Crippen LogP contribution is -2.39. The maximum atomic E-state index is 13.0. The van der Waals surface area contributed by atoms with Crippen molar-refractivity contribution < 1.29 is 19.4 Å². The molecule has 0 heterocycles. The fourth-order valence-electron chi connectivity index (χ4n) is 4.16. The molecule has 1 atom stereocenters. The zero-order valence-electron chi connectivity index (χ0n) is 16.0. The number of benzene rings is 3. The number of carbonyl (C=O) groups excluding carboxylic acids is 1. The second kappa shape index (κ2) is 7.80. The van der Waals surface area contributed by atoms with E-state index in [1.807, 2.05) is 78.9 Å². The van der Waals surface area contributed by atoms with Crippen LogP contribution in [0.3, 0.4) is 0 Å². The number of carboxylic acids is 1. The molecule has 0 radical (unpaired) electrons. The van der Waals surface area contributed by atoms with Gasteiger partial charge in [-0.1, -0.05) is 78.9 Å². The molecule has 1 aliphatic carbocycles.